The van der Waals surface area contributed by atoms with E-state index < -0.39 is 10.3 Å². The van der Waals surface area contributed by atoms with Crippen molar-refractivity contribution in [1.82, 2.24) is 0 Å². The Kier molecular flexibility index (Phi) is 4.50. The summed E-state index contributed by atoms with van der Waals surface area (Å²) in [6.07, 6.45) is 6.63. The van der Waals surface area contributed by atoms with Gasteiger partial charge in [0, 0.05) is 11.8 Å². The number of benzene rings is 1. The Labute approximate surface area is 160 Å². The molecule has 0 saturated heterocycles. The van der Waals surface area contributed by atoms with E-state index in [2.05, 4.69) is 6.92 Å². The van der Waals surface area contributed by atoms with Crippen LogP contribution in [0.25, 0.3) is 0 Å². The molecule has 3 aliphatic rings. The van der Waals surface area contributed by atoms with E-state index in [0.29, 0.717) is 29.3 Å². The fourth-order valence-electron chi connectivity index (χ4n) is 5.89. The molecule has 1 aromatic carbocycles. The fourth-order valence-corrected chi connectivity index (χ4v) is 6.28. The average Bonchev–Trinajstić information content (AvgIpc) is 2.60. The number of methoxy groups -OCH3 is 1. The lowest BCUT2D eigenvalue weighted by molar-refractivity contribution is -0.140. The van der Waals surface area contributed by atoms with Crippen molar-refractivity contribution >= 4 is 16.1 Å². The number of carbonyl (C=O) groups excluding carboxylic acids is 1. The number of hydrogen-bond donors (Lipinski definition) is 1. The molecule has 2 fully saturated rings. The van der Waals surface area contributed by atoms with Gasteiger partial charge in [-0.05, 0) is 79.5 Å². The molecule has 0 bridgehead atoms. The molecule has 6 nitrogen and oxygen atoms in total. The van der Waals surface area contributed by atoms with Crippen LogP contribution in [0, 0.1) is 17.3 Å². The number of ketones is 1. The lowest BCUT2D eigenvalue weighted by Gasteiger charge is -2.53. The van der Waals surface area contributed by atoms with Gasteiger partial charge in [0.2, 0.25) is 0 Å². The molecular formula is C20H27NO5S. The van der Waals surface area contributed by atoms with Crippen molar-refractivity contribution in [3.05, 3.63) is 23.3 Å². The van der Waals surface area contributed by atoms with E-state index in [9.17, 15) is 13.2 Å². The Morgan fingerprint density at radius 3 is 2.63 bits per heavy atom. The third-order valence-electron chi connectivity index (χ3n) is 7.16. The Bertz CT molecular complexity index is 881. The van der Waals surface area contributed by atoms with Crippen molar-refractivity contribution in [2.45, 2.75) is 57.8 Å². The predicted molar refractivity (Wildman–Crippen MR) is 101 cm³/mol. The van der Waals surface area contributed by atoms with Gasteiger partial charge < -0.3 is 8.92 Å². The van der Waals surface area contributed by atoms with Crippen LogP contribution < -0.4 is 14.1 Å². The van der Waals surface area contributed by atoms with Gasteiger partial charge in [0.25, 0.3) is 0 Å². The topological polar surface area (TPSA) is 95.7 Å². The van der Waals surface area contributed by atoms with Gasteiger partial charge >= 0.3 is 10.3 Å². The minimum absolute atomic E-state index is 0.144. The second kappa shape index (κ2) is 6.48. The standard InChI is InChI=1S/C20H27NO5S/c1-20-9-8-13-14(16(20)4-3-5-19(20)22)7-6-12-10-18(26-27(21,23)24)17(25-2)11-15(12)13/h10-11,13-14,16H,3-9H2,1-2H3,(H2,21,23,24)/t13?,14?,16?,20-/m0/s1. The summed E-state index contributed by atoms with van der Waals surface area (Å²) in [6.45, 7) is 2.18. The van der Waals surface area contributed by atoms with Crippen molar-refractivity contribution in [1.29, 1.82) is 0 Å². The summed E-state index contributed by atoms with van der Waals surface area (Å²) in [5.74, 6) is 2.29. The molecule has 2 N–H and O–H groups in total. The van der Waals surface area contributed by atoms with Gasteiger partial charge in [0.15, 0.2) is 11.5 Å². The molecule has 7 heteroatoms. The summed E-state index contributed by atoms with van der Waals surface area (Å²) in [4.78, 5) is 12.6. The maximum absolute atomic E-state index is 12.6. The minimum Gasteiger partial charge on any atom is -0.493 e. The Balaban J connectivity index is 1.71. The van der Waals surface area contributed by atoms with E-state index in [0.717, 1.165) is 50.5 Å². The molecule has 0 heterocycles. The van der Waals surface area contributed by atoms with Gasteiger partial charge in [0.1, 0.15) is 5.78 Å². The van der Waals surface area contributed by atoms with E-state index in [-0.39, 0.29) is 11.2 Å². The maximum Gasteiger partial charge on any atom is 0.380 e. The molecule has 3 aliphatic carbocycles. The molecule has 0 spiro atoms. The third-order valence-corrected chi connectivity index (χ3v) is 7.57. The normalized spacial score (nSPS) is 32.9. The summed E-state index contributed by atoms with van der Waals surface area (Å²) in [5, 5.41) is 5.04. The zero-order valence-corrected chi connectivity index (χ0v) is 16.7. The van der Waals surface area contributed by atoms with Gasteiger partial charge in [-0.3, -0.25) is 4.79 Å². The van der Waals surface area contributed by atoms with Gasteiger partial charge in [-0.15, -0.1) is 0 Å². The number of aryl methyl sites for hydroxylation is 1. The predicted octanol–water partition coefficient (Wildman–Crippen LogP) is 3.09. The zero-order chi connectivity index (χ0) is 19.4. The molecule has 4 atom stereocenters. The number of nitrogens with two attached hydrogens (primary N) is 1. The quantitative estimate of drug-likeness (QED) is 0.851. The molecule has 0 aromatic heterocycles. The first kappa shape index (κ1) is 18.7. The molecule has 3 unspecified atom stereocenters. The molecule has 2 saturated carbocycles. The summed E-state index contributed by atoms with van der Waals surface area (Å²) in [7, 11) is -2.61. The van der Waals surface area contributed by atoms with Crippen molar-refractivity contribution in [3.63, 3.8) is 0 Å². The van der Waals surface area contributed by atoms with E-state index in [1.807, 2.05) is 6.07 Å². The van der Waals surface area contributed by atoms with Crippen molar-refractivity contribution < 1.29 is 22.1 Å². The number of carbonyl (C=O) groups is 1. The molecule has 0 aliphatic heterocycles. The van der Waals surface area contributed by atoms with Crippen LogP contribution in [0.1, 0.15) is 62.5 Å². The average molecular weight is 394 g/mol. The smallest absolute Gasteiger partial charge is 0.380 e. The monoisotopic (exact) mass is 393 g/mol. The Hall–Kier alpha value is -1.60. The van der Waals surface area contributed by atoms with Gasteiger partial charge in [0.05, 0.1) is 7.11 Å². The number of hydrogen-bond acceptors (Lipinski definition) is 5. The highest BCUT2D eigenvalue weighted by atomic mass is 32.2. The molecule has 27 heavy (non-hydrogen) atoms. The minimum atomic E-state index is -4.11. The first-order valence-electron chi connectivity index (χ1n) is 9.69. The van der Waals surface area contributed by atoms with Crippen molar-refractivity contribution in [2.24, 2.45) is 22.4 Å². The Morgan fingerprint density at radius 1 is 1.15 bits per heavy atom. The number of ether oxygens (including phenoxy) is 1. The van der Waals surface area contributed by atoms with Crippen molar-refractivity contribution in [3.8, 4) is 11.5 Å². The third kappa shape index (κ3) is 3.14. The maximum atomic E-state index is 12.6. The molecule has 148 valence electrons. The van der Waals surface area contributed by atoms with E-state index in [1.165, 1.54) is 12.7 Å². The van der Waals surface area contributed by atoms with Crippen molar-refractivity contribution in [2.75, 3.05) is 7.11 Å². The first-order chi connectivity index (χ1) is 12.7. The molecular weight excluding hydrogens is 366 g/mol. The van der Waals surface area contributed by atoms with Crippen LogP contribution >= 0.6 is 0 Å². The molecule has 4 rings (SSSR count). The van der Waals surface area contributed by atoms with Crippen LogP contribution in [0.3, 0.4) is 0 Å². The number of Topliss-reactive ketones (excluding diaryl/α,β-unsaturated/α-hetero) is 1. The van der Waals surface area contributed by atoms with E-state index >= 15 is 0 Å². The van der Waals surface area contributed by atoms with Crippen LogP contribution in [0.5, 0.6) is 11.5 Å². The summed E-state index contributed by atoms with van der Waals surface area (Å²) >= 11 is 0. The van der Waals surface area contributed by atoms with E-state index in [4.69, 9.17) is 14.1 Å². The largest absolute Gasteiger partial charge is 0.493 e. The number of fused-ring (bicyclic) bond motifs is 5. The second-order valence-corrected chi connectivity index (χ2v) is 9.62. The van der Waals surface area contributed by atoms with Gasteiger partial charge in [-0.1, -0.05) is 6.92 Å². The second-order valence-electron chi connectivity index (χ2n) is 8.47. The van der Waals surface area contributed by atoms with Gasteiger partial charge in [-0.2, -0.15) is 13.6 Å². The zero-order valence-electron chi connectivity index (χ0n) is 15.9. The summed E-state index contributed by atoms with van der Waals surface area (Å²) in [6, 6.07) is 3.68. The highest BCUT2D eigenvalue weighted by Crippen LogP contribution is 2.59. The fraction of sp³-hybridized carbons (Fsp3) is 0.650. The lowest BCUT2D eigenvalue weighted by atomic mass is 9.50. The SMILES string of the molecule is COc1cc2c(cc1OS(N)(=O)=O)CCC1C2CC[C@]2(C)C(=O)CCCC12. The van der Waals surface area contributed by atoms with Crippen LogP contribution in [-0.4, -0.2) is 21.3 Å². The van der Waals surface area contributed by atoms with Gasteiger partial charge in [-0.25, -0.2) is 0 Å². The molecule has 1 aromatic rings. The highest BCUT2D eigenvalue weighted by Gasteiger charge is 2.52. The van der Waals surface area contributed by atoms with Crippen LogP contribution in [0.4, 0.5) is 0 Å². The van der Waals surface area contributed by atoms with Crippen LogP contribution in [0.15, 0.2) is 12.1 Å². The van der Waals surface area contributed by atoms with Crippen LogP contribution in [0.2, 0.25) is 0 Å². The van der Waals surface area contributed by atoms with E-state index in [1.54, 1.807) is 6.07 Å². The number of rotatable bonds is 3. The molecule has 0 radical (unpaired) electrons. The Morgan fingerprint density at radius 2 is 1.93 bits per heavy atom. The summed E-state index contributed by atoms with van der Waals surface area (Å²) in [5.41, 5.74) is 2.14. The highest BCUT2D eigenvalue weighted by molar-refractivity contribution is 7.84. The lowest BCUT2D eigenvalue weighted by Crippen LogP contribution is -2.49. The molecule has 0 amide bonds. The first-order valence-corrected chi connectivity index (χ1v) is 11.2. The summed E-state index contributed by atoms with van der Waals surface area (Å²) < 4.78 is 33.0. The van der Waals surface area contributed by atoms with Crippen LogP contribution in [-0.2, 0) is 21.5 Å².